The van der Waals surface area contributed by atoms with E-state index in [2.05, 4.69) is 32.4 Å². The van der Waals surface area contributed by atoms with E-state index in [9.17, 15) is 4.79 Å². The Balaban J connectivity index is 1.46. The van der Waals surface area contributed by atoms with E-state index in [-0.39, 0.29) is 0 Å². The summed E-state index contributed by atoms with van der Waals surface area (Å²) in [6.45, 7) is 4.10. The molecule has 2 N–H and O–H groups in total. The zero-order chi connectivity index (χ0) is 15.7. The monoisotopic (exact) mass is 333 g/mol. The number of amides is 1. The molecule has 1 spiro atoms. The summed E-state index contributed by atoms with van der Waals surface area (Å²) < 4.78 is 0. The maximum absolute atomic E-state index is 13.0. The van der Waals surface area contributed by atoms with Crippen LogP contribution in [0.4, 0.5) is 0 Å². The number of carbonyl (C=O) groups excluding carboxylic acids is 1. The van der Waals surface area contributed by atoms with E-state index in [1.807, 2.05) is 0 Å². The first-order valence-corrected chi connectivity index (χ1v) is 9.96. The molecule has 4 nitrogen and oxygen atoms in total. The van der Waals surface area contributed by atoms with Crippen LogP contribution in [-0.4, -0.2) is 42.5 Å². The zero-order valence-electron chi connectivity index (χ0n) is 13.7. The minimum atomic E-state index is 0.357. The number of hydrogen-bond acceptors (Lipinski definition) is 4. The third-order valence-corrected chi connectivity index (χ3v) is 6.69. The van der Waals surface area contributed by atoms with Gasteiger partial charge in [-0.25, -0.2) is 0 Å². The van der Waals surface area contributed by atoms with E-state index >= 15 is 0 Å². The van der Waals surface area contributed by atoms with Crippen molar-refractivity contribution in [1.82, 2.24) is 15.5 Å². The Morgan fingerprint density at radius 1 is 1.35 bits per heavy atom. The van der Waals surface area contributed by atoms with Crippen LogP contribution in [0.3, 0.4) is 0 Å². The minimum absolute atomic E-state index is 0.357. The second kappa shape index (κ2) is 6.54. The quantitative estimate of drug-likeness (QED) is 0.869. The van der Waals surface area contributed by atoms with Crippen molar-refractivity contribution in [2.75, 3.05) is 19.6 Å². The molecule has 126 valence electrons. The predicted octanol–water partition coefficient (Wildman–Crippen LogP) is 2.36. The summed E-state index contributed by atoms with van der Waals surface area (Å²) in [6, 6.07) is 3.03. The molecule has 5 heteroatoms. The van der Waals surface area contributed by atoms with Crippen LogP contribution in [0.5, 0.6) is 0 Å². The molecule has 0 unspecified atom stereocenters. The molecule has 4 rings (SSSR count). The lowest BCUT2D eigenvalue weighted by molar-refractivity contribution is -0.133. The van der Waals surface area contributed by atoms with Crippen molar-refractivity contribution >= 4 is 17.2 Å². The van der Waals surface area contributed by atoms with Gasteiger partial charge in [0.1, 0.15) is 0 Å². The van der Waals surface area contributed by atoms with Crippen molar-refractivity contribution in [2.24, 2.45) is 5.41 Å². The smallest absolute Gasteiger partial charge is 0.224 e. The maximum Gasteiger partial charge on any atom is 0.224 e. The molecule has 1 saturated carbocycles. The maximum atomic E-state index is 13.0. The fourth-order valence-corrected chi connectivity index (χ4v) is 5.10. The predicted molar refractivity (Wildman–Crippen MR) is 93.5 cm³/mol. The molecule has 3 aliphatic rings. The molecule has 3 heterocycles. The number of rotatable bonds is 5. The van der Waals surface area contributed by atoms with Gasteiger partial charge in [-0.1, -0.05) is 0 Å². The number of hydrogen-bond donors (Lipinski definition) is 2. The van der Waals surface area contributed by atoms with Gasteiger partial charge in [0.05, 0.1) is 0 Å². The van der Waals surface area contributed by atoms with Gasteiger partial charge in [0.25, 0.3) is 0 Å². The van der Waals surface area contributed by atoms with E-state index in [1.165, 1.54) is 31.2 Å². The van der Waals surface area contributed by atoms with Crippen LogP contribution in [0.1, 0.15) is 44.1 Å². The first kappa shape index (κ1) is 15.6. The lowest BCUT2D eigenvalue weighted by atomic mass is 9.93. The minimum Gasteiger partial charge on any atom is -0.335 e. The highest BCUT2D eigenvalue weighted by Gasteiger charge is 2.57. The Morgan fingerprint density at radius 2 is 2.22 bits per heavy atom. The second-order valence-corrected chi connectivity index (χ2v) is 8.26. The van der Waals surface area contributed by atoms with Crippen LogP contribution in [0.25, 0.3) is 0 Å². The highest BCUT2D eigenvalue weighted by atomic mass is 32.1. The average molecular weight is 334 g/mol. The van der Waals surface area contributed by atoms with Gasteiger partial charge in [0.15, 0.2) is 0 Å². The molecule has 23 heavy (non-hydrogen) atoms. The Labute approximate surface area is 142 Å². The van der Waals surface area contributed by atoms with Crippen LogP contribution in [-0.2, 0) is 11.3 Å². The molecule has 2 aliphatic heterocycles. The summed E-state index contributed by atoms with van der Waals surface area (Å²) in [6.07, 6.45) is 6.70. The Bertz CT molecular complexity index is 532. The normalized spacial score (nSPS) is 28.9. The Hall–Kier alpha value is -0.910. The fourth-order valence-electron chi connectivity index (χ4n) is 4.44. The van der Waals surface area contributed by atoms with Gasteiger partial charge < -0.3 is 15.5 Å². The molecule has 0 radical (unpaired) electrons. The van der Waals surface area contributed by atoms with Gasteiger partial charge >= 0.3 is 0 Å². The van der Waals surface area contributed by atoms with E-state index in [0.717, 1.165) is 32.6 Å². The van der Waals surface area contributed by atoms with E-state index in [0.29, 0.717) is 29.8 Å². The molecule has 1 aromatic heterocycles. The SMILES string of the molecule is O=C(C[C@@H]1CCCN1)N(Cc1ccsc1)[C@H]1CC12CCNCC2. The van der Waals surface area contributed by atoms with Gasteiger partial charge in [-0.3, -0.25) is 4.79 Å². The van der Waals surface area contributed by atoms with Crippen molar-refractivity contribution in [3.8, 4) is 0 Å². The molecule has 1 amide bonds. The first-order chi connectivity index (χ1) is 11.3. The van der Waals surface area contributed by atoms with Crippen LogP contribution in [0, 0.1) is 5.41 Å². The fraction of sp³-hybridized carbons (Fsp3) is 0.722. The number of nitrogens with one attached hydrogen (secondary N) is 2. The van der Waals surface area contributed by atoms with E-state index in [4.69, 9.17) is 0 Å². The highest BCUT2D eigenvalue weighted by molar-refractivity contribution is 7.07. The zero-order valence-corrected chi connectivity index (χ0v) is 14.5. The van der Waals surface area contributed by atoms with E-state index in [1.54, 1.807) is 11.3 Å². The molecule has 0 aromatic carbocycles. The molecule has 2 atom stereocenters. The topological polar surface area (TPSA) is 44.4 Å². The molecular formula is C18H27N3OS. The number of nitrogens with zero attached hydrogens (tertiary/aromatic N) is 1. The highest BCUT2D eigenvalue weighted by Crippen LogP contribution is 2.56. The van der Waals surface area contributed by atoms with Crippen molar-refractivity contribution in [3.05, 3.63) is 22.4 Å². The lowest BCUT2D eigenvalue weighted by Crippen LogP contribution is -2.41. The number of thiophene rings is 1. The third kappa shape index (κ3) is 3.32. The van der Waals surface area contributed by atoms with Crippen molar-refractivity contribution in [1.29, 1.82) is 0 Å². The van der Waals surface area contributed by atoms with Crippen LogP contribution in [0.2, 0.25) is 0 Å². The van der Waals surface area contributed by atoms with Crippen molar-refractivity contribution < 1.29 is 4.79 Å². The van der Waals surface area contributed by atoms with Crippen LogP contribution >= 0.6 is 11.3 Å². The van der Waals surface area contributed by atoms with Crippen LogP contribution < -0.4 is 10.6 Å². The molecule has 3 fully saturated rings. The van der Waals surface area contributed by atoms with Gasteiger partial charge in [0, 0.05) is 25.0 Å². The molecule has 1 aliphatic carbocycles. The number of piperidine rings is 1. The largest absolute Gasteiger partial charge is 0.335 e. The summed E-state index contributed by atoms with van der Waals surface area (Å²) in [5.41, 5.74) is 1.71. The second-order valence-electron chi connectivity index (χ2n) is 7.48. The Kier molecular flexibility index (Phi) is 4.43. The van der Waals surface area contributed by atoms with Crippen molar-refractivity contribution in [2.45, 2.75) is 57.2 Å². The van der Waals surface area contributed by atoms with Gasteiger partial charge in [-0.2, -0.15) is 11.3 Å². The van der Waals surface area contributed by atoms with Gasteiger partial charge in [-0.15, -0.1) is 0 Å². The van der Waals surface area contributed by atoms with Crippen LogP contribution in [0.15, 0.2) is 16.8 Å². The van der Waals surface area contributed by atoms with Gasteiger partial charge in [0.2, 0.25) is 5.91 Å². The first-order valence-electron chi connectivity index (χ1n) is 9.01. The summed E-state index contributed by atoms with van der Waals surface area (Å²) in [5, 5.41) is 11.2. The summed E-state index contributed by atoms with van der Waals surface area (Å²) in [7, 11) is 0. The third-order valence-electron chi connectivity index (χ3n) is 5.96. The van der Waals surface area contributed by atoms with E-state index < -0.39 is 0 Å². The van der Waals surface area contributed by atoms with Crippen molar-refractivity contribution in [3.63, 3.8) is 0 Å². The summed E-state index contributed by atoms with van der Waals surface area (Å²) >= 11 is 1.73. The lowest BCUT2D eigenvalue weighted by Gasteiger charge is -2.30. The molecule has 2 saturated heterocycles. The van der Waals surface area contributed by atoms with Gasteiger partial charge in [-0.05, 0) is 79.5 Å². The Morgan fingerprint density at radius 3 is 2.91 bits per heavy atom. The number of carbonyl (C=O) groups is 1. The standard InChI is InChI=1S/C18H27N3OS/c22-17(10-15-2-1-6-20-15)21(12-14-3-9-23-13-14)16-11-18(16)4-7-19-8-5-18/h3,9,13,15-16,19-20H,1-2,4-8,10-12H2/t15-,16-/m0/s1. The summed E-state index contributed by atoms with van der Waals surface area (Å²) in [5.74, 6) is 0.357. The molecular weight excluding hydrogens is 306 g/mol. The summed E-state index contributed by atoms with van der Waals surface area (Å²) in [4.78, 5) is 15.2. The molecule has 1 aromatic rings. The molecule has 0 bridgehead atoms. The average Bonchev–Trinajstić information content (AvgIpc) is 2.99.